The van der Waals surface area contributed by atoms with E-state index < -0.39 is 12.0 Å². The fourth-order valence-corrected chi connectivity index (χ4v) is 2.61. The van der Waals surface area contributed by atoms with E-state index in [0.717, 1.165) is 28.6 Å². The zero-order chi connectivity index (χ0) is 13.5. The molecule has 0 aliphatic heterocycles. The van der Waals surface area contributed by atoms with Gasteiger partial charge in [-0.3, -0.25) is 9.69 Å². The SMILES string of the molecule is CC(C(=O)O)N(C)CCCSc1ccccc1Cl.Cl. The summed E-state index contributed by atoms with van der Waals surface area (Å²) in [5.74, 6) is 0.150. The highest BCUT2D eigenvalue weighted by molar-refractivity contribution is 7.99. The Hall–Kier alpha value is -0.420. The molecule has 0 saturated carbocycles. The van der Waals surface area contributed by atoms with Gasteiger partial charge in [0.15, 0.2) is 0 Å². The van der Waals surface area contributed by atoms with Crippen molar-refractivity contribution in [3.63, 3.8) is 0 Å². The van der Waals surface area contributed by atoms with Gasteiger partial charge in [-0.05, 0) is 44.8 Å². The van der Waals surface area contributed by atoms with Crippen LogP contribution in [0.4, 0.5) is 0 Å². The number of halogens is 2. The molecule has 0 aliphatic rings. The zero-order valence-electron chi connectivity index (χ0n) is 11.0. The largest absolute Gasteiger partial charge is 0.480 e. The van der Waals surface area contributed by atoms with E-state index in [1.54, 1.807) is 18.7 Å². The van der Waals surface area contributed by atoms with Gasteiger partial charge >= 0.3 is 5.97 Å². The topological polar surface area (TPSA) is 40.5 Å². The maximum Gasteiger partial charge on any atom is 0.320 e. The number of aliphatic carboxylic acids is 1. The zero-order valence-corrected chi connectivity index (χ0v) is 13.4. The quantitative estimate of drug-likeness (QED) is 0.614. The van der Waals surface area contributed by atoms with E-state index in [2.05, 4.69) is 0 Å². The Morgan fingerprint density at radius 1 is 1.47 bits per heavy atom. The van der Waals surface area contributed by atoms with Crippen LogP contribution in [0.25, 0.3) is 0 Å². The highest BCUT2D eigenvalue weighted by atomic mass is 35.5. The molecule has 1 aromatic rings. The second-order valence-electron chi connectivity index (χ2n) is 4.13. The number of benzene rings is 1. The molecule has 0 bridgehead atoms. The highest BCUT2D eigenvalue weighted by Gasteiger charge is 2.15. The lowest BCUT2D eigenvalue weighted by molar-refractivity contribution is -0.142. The molecule has 1 aromatic carbocycles. The average molecular weight is 324 g/mol. The van der Waals surface area contributed by atoms with E-state index in [1.165, 1.54) is 0 Å². The van der Waals surface area contributed by atoms with E-state index in [9.17, 15) is 4.79 Å². The van der Waals surface area contributed by atoms with Crippen molar-refractivity contribution in [3.8, 4) is 0 Å². The molecule has 1 atom stereocenters. The van der Waals surface area contributed by atoms with Crippen molar-refractivity contribution < 1.29 is 9.90 Å². The first-order valence-corrected chi connectivity index (χ1v) is 7.19. The minimum atomic E-state index is -0.781. The monoisotopic (exact) mass is 323 g/mol. The van der Waals surface area contributed by atoms with Crippen molar-refractivity contribution in [2.45, 2.75) is 24.3 Å². The fraction of sp³-hybridized carbons (Fsp3) is 0.462. The molecule has 0 spiro atoms. The third kappa shape index (κ3) is 6.52. The molecule has 1 unspecified atom stereocenters. The van der Waals surface area contributed by atoms with Crippen molar-refractivity contribution in [3.05, 3.63) is 29.3 Å². The van der Waals surface area contributed by atoms with E-state index in [0.29, 0.717) is 0 Å². The van der Waals surface area contributed by atoms with Crippen LogP contribution in [0.15, 0.2) is 29.2 Å². The summed E-state index contributed by atoms with van der Waals surface area (Å²) in [7, 11) is 1.83. The molecular weight excluding hydrogens is 305 g/mol. The summed E-state index contributed by atoms with van der Waals surface area (Å²) in [6.07, 6.45) is 0.935. The fourth-order valence-electron chi connectivity index (χ4n) is 1.44. The lowest BCUT2D eigenvalue weighted by Crippen LogP contribution is -2.36. The van der Waals surface area contributed by atoms with Gasteiger partial charge in [0.1, 0.15) is 6.04 Å². The van der Waals surface area contributed by atoms with Crippen molar-refractivity contribution in [1.29, 1.82) is 0 Å². The third-order valence-electron chi connectivity index (χ3n) is 2.77. The van der Waals surface area contributed by atoms with Gasteiger partial charge in [-0.15, -0.1) is 24.2 Å². The second-order valence-corrected chi connectivity index (χ2v) is 5.67. The first-order valence-electron chi connectivity index (χ1n) is 5.82. The normalized spacial score (nSPS) is 12.0. The molecule has 3 nitrogen and oxygen atoms in total. The minimum Gasteiger partial charge on any atom is -0.480 e. The Balaban J connectivity index is 0.00000324. The van der Waals surface area contributed by atoms with Crippen LogP contribution < -0.4 is 0 Å². The van der Waals surface area contributed by atoms with Crippen LogP contribution in [-0.4, -0.2) is 41.4 Å². The van der Waals surface area contributed by atoms with Crippen LogP contribution in [0.3, 0.4) is 0 Å². The number of hydrogen-bond acceptors (Lipinski definition) is 3. The molecular formula is C13H19Cl2NO2S. The van der Waals surface area contributed by atoms with Crippen LogP contribution in [0.2, 0.25) is 5.02 Å². The second kappa shape index (κ2) is 9.48. The summed E-state index contributed by atoms with van der Waals surface area (Å²) in [6.45, 7) is 2.47. The summed E-state index contributed by atoms with van der Waals surface area (Å²) < 4.78 is 0. The molecule has 0 aromatic heterocycles. The van der Waals surface area contributed by atoms with E-state index in [4.69, 9.17) is 16.7 Å². The van der Waals surface area contributed by atoms with Crippen LogP contribution >= 0.6 is 35.8 Å². The Morgan fingerprint density at radius 2 is 2.11 bits per heavy atom. The number of likely N-dealkylation sites (N-methyl/N-ethyl adjacent to an activating group) is 1. The molecule has 6 heteroatoms. The van der Waals surface area contributed by atoms with Crippen molar-refractivity contribution in [2.24, 2.45) is 0 Å². The first-order chi connectivity index (χ1) is 8.52. The van der Waals surface area contributed by atoms with Gasteiger partial charge in [-0.25, -0.2) is 0 Å². The van der Waals surface area contributed by atoms with E-state index in [1.807, 2.05) is 36.2 Å². The third-order valence-corrected chi connectivity index (χ3v) is 4.37. The van der Waals surface area contributed by atoms with Gasteiger partial charge in [0.05, 0.1) is 5.02 Å². The van der Waals surface area contributed by atoms with Crippen LogP contribution in [0.5, 0.6) is 0 Å². The maximum atomic E-state index is 10.8. The van der Waals surface area contributed by atoms with E-state index in [-0.39, 0.29) is 12.4 Å². The molecule has 108 valence electrons. The molecule has 0 amide bonds. The standard InChI is InChI=1S/C13H18ClNO2S.ClH/c1-10(13(16)17)15(2)8-5-9-18-12-7-4-3-6-11(12)14;/h3-4,6-7,10H,5,8-9H2,1-2H3,(H,16,17);1H. The van der Waals surface area contributed by atoms with Gasteiger partial charge in [0, 0.05) is 4.90 Å². The first kappa shape index (κ1) is 18.6. The van der Waals surface area contributed by atoms with Gasteiger partial charge < -0.3 is 5.11 Å². The Morgan fingerprint density at radius 3 is 2.68 bits per heavy atom. The molecule has 0 saturated heterocycles. The van der Waals surface area contributed by atoms with Gasteiger partial charge in [0.25, 0.3) is 0 Å². The molecule has 0 heterocycles. The van der Waals surface area contributed by atoms with Crippen molar-refractivity contribution in [2.75, 3.05) is 19.3 Å². The highest BCUT2D eigenvalue weighted by Crippen LogP contribution is 2.26. The van der Waals surface area contributed by atoms with Crippen LogP contribution in [0, 0.1) is 0 Å². The summed E-state index contributed by atoms with van der Waals surface area (Å²) in [4.78, 5) is 13.7. The molecule has 0 radical (unpaired) electrons. The summed E-state index contributed by atoms with van der Waals surface area (Å²) in [5.41, 5.74) is 0. The number of thioether (sulfide) groups is 1. The van der Waals surface area contributed by atoms with Crippen molar-refractivity contribution in [1.82, 2.24) is 4.90 Å². The Bertz CT molecular complexity index is 404. The lowest BCUT2D eigenvalue weighted by Gasteiger charge is -2.20. The molecule has 0 aliphatic carbocycles. The predicted molar refractivity (Wildman–Crippen MR) is 83.8 cm³/mol. The average Bonchev–Trinajstić information content (AvgIpc) is 2.35. The Kier molecular flexibility index (Phi) is 9.27. The number of carboxylic acids is 1. The van der Waals surface area contributed by atoms with Gasteiger partial charge in [-0.2, -0.15) is 0 Å². The number of hydrogen-bond donors (Lipinski definition) is 1. The number of rotatable bonds is 7. The summed E-state index contributed by atoms with van der Waals surface area (Å²) >= 11 is 7.75. The summed E-state index contributed by atoms with van der Waals surface area (Å²) in [5, 5.41) is 9.63. The van der Waals surface area contributed by atoms with Gasteiger partial charge in [-0.1, -0.05) is 23.7 Å². The number of carboxylic acid groups (broad SMARTS) is 1. The molecule has 1 rings (SSSR count). The van der Waals surface area contributed by atoms with E-state index >= 15 is 0 Å². The number of carbonyl (C=O) groups is 1. The summed E-state index contributed by atoms with van der Waals surface area (Å²) in [6, 6.07) is 7.32. The number of nitrogens with zero attached hydrogens (tertiary/aromatic N) is 1. The Labute approximate surface area is 129 Å². The lowest BCUT2D eigenvalue weighted by atomic mass is 10.3. The van der Waals surface area contributed by atoms with Crippen LogP contribution in [-0.2, 0) is 4.79 Å². The molecule has 19 heavy (non-hydrogen) atoms. The molecule has 1 N–H and O–H groups in total. The van der Waals surface area contributed by atoms with Crippen molar-refractivity contribution >= 4 is 41.7 Å². The maximum absolute atomic E-state index is 10.8. The van der Waals surface area contributed by atoms with Gasteiger partial charge in [0.2, 0.25) is 0 Å². The smallest absolute Gasteiger partial charge is 0.320 e. The minimum absolute atomic E-state index is 0. The van der Waals surface area contributed by atoms with Crippen LogP contribution in [0.1, 0.15) is 13.3 Å². The predicted octanol–water partition coefficient (Wildman–Crippen LogP) is 3.65. The molecule has 0 fully saturated rings.